The molecule has 0 aromatic carbocycles. The van der Waals surface area contributed by atoms with E-state index in [4.69, 9.17) is 5.53 Å². The zero-order valence-electron chi connectivity index (χ0n) is 6.02. The third kappa shape index (κ3) is 2.31. The summed E-state index contributed by atoms with van der Waals surface area (Å²) in [6.07, 6.45) is -3.68. The van der Waals surface area contributed by atoms with Crippen LogP contribution in [0.5, 0.6) is 0 Å². The molecule has 0 fully saturated rings. The van der Waals surface area contributed by atoms with Gasteiger partial charge in [-0.3, -0.25) is 0 Å². The maximum atomic E-state index is 12.0. The normalized spacial score (nSPS) is 10.7. The minimum Gasteiger partial charge on any atom is -0.235 e. The smallest absolute Gasteiger partial charge is 0.235 e. The second-order valence-electron chi connectivity index (χ2n) is 1.93. The average molecular weight is 189 g/mol. The van der Waals surface area contributed by atoms with E-state index < -0.39 is 17.8 Å². The van der Waals surface area contributed by atoms with Crippen LogP contribution in [0.2, 0.25) is 0 Å². The summed E-state index contributed by atoms with van der Waals surface area (Å²) in [7, 11) is 0. The summed E-state index contributed by atoms with van der Waals surface area (Å²) in [6.45, 7) is 0. The van der Waals surface area contributed by atoms with Crippen LogP contribution < -0.4 is 0 Å². The second kappa shape index (κ2) is 3.28. The molecule has 0 spiro atoms. The van der Waals surface area contributed by atoms with E-state index >= 15 is 0 Å². The first kappa shape index (κ1) is 9.27. The van der Waals surface area contributed by atoms with Crippen molar-refractivity contribution in [2.75, 3.05) is 0 Å². The summed E-state index contributed by atoms with van der Waals surface area (Å²) >= 11 is 0. The maximum absolute atomic E-state index is 12.0. The van der Waals surface area contributed by atoms with Crippen LogP contribution in [0, 0.1) is 0 Å². The molecule has 0 saturated heterocycles. The second-order valence-corrected chi connectivity index (χ2v) is 1.93. The topological polar surface area (TPSA) is 74.5 Å². The summed E-state index contributed by atoms with van der Waals surface area (Å²) in [5.41, 5.74) is 6.78. The average Bonchev–Trinajstić information content (AvgIpc) is 2.04. The van der Waals surface area contributed by atoms with Gasteiger partial charge in [-0.05, 0) is 16.7 Å². The summed E-state index contributed by atoms with van der Waals surface area (Å²) < 4.78 is 35.9. The van der Waals surface area contributed by atoms with Crippen molar-refractivity contribution >= 4 is 5.95 Å². The summed E-state index contributed by atoms with van der Waals surface area (Å²) in [5.74, 6) is -0.544. The Morgan fingerprint density at radius 3 is 2.69 bits per heavy atom. The van der Waals surface area contributed by atoms with Crippen molar-refractivity contribution in [1.82, 2.24) is 9.97 Å². The molecule has 68 valence electrons. The summed E-state index contributed by atoms with van der Waals surface area (Å²) in [4.78, 5) is 8.55. The Kier molecular flexibility index (Phi) is 2.34. The Morgan fingerprint density at radius 1 is 1.46 bits per heavy atom. The van der Waals surface area contributed by atoms with Gasteiger partial charge in [-0.2, -0.15) is 13.2 Å². The highest BCUT2D eigenvalue weighted by atomic mass is 19.4. The largest absolute Gasteiger partial charge is 0.433 e. The highest BCUT2D eigenvalue weighted by Crippen LogP contribution is 2.27. The summed E-state index contributed by atoms with van der Waals surface area (Å²) in [6, 6.07) is 0.691. The van der Waals surface area contributed by atoms with Crippen molar-refractivity contribution in [2.24, 2.45) is 5.11 Å². The monoisotopic (exact) mass is 189 g/mol. The van der Waals surface area contributed by atoms with Crippen LogP contribution in [0.1, 0.15) is 5.69 Å². The Morgan fingerprint density at radius 2 is 2.15 bits per heavy atom. The maximum Gasteiger partial charge on any atom is 0.433 e. The number of alkyl halides is 3. The molecule has 5 nitrogen and oxygen atoms in total. The van der Waals surface area contributed by atoms with Crippen LogP contribution in [-0.4, -0.2) is 9.97 Å². The fourth-order valence-electron chi connectivity index (χ4n) is 0.594. The number of hydrogen-bond acceptors (Lipinski definition) is 3. The van der Waals surface area contributed by atoms with E-state index in [-0.39, 0.29) is 0 Å². The molecule has 0 aliphatic rings. The predicted octanol–water partition coefficient (Wildman–Crippen LogP) is 2.44. The van der Waals surface area contributed by atoms with Gasteiger partial charge < -0.3 is 0 Å². The van der Waals surface area contributed by atoms with Crippen LogP contribution >= 0.6 is 0 Å². The fraction of sp³-hybridized carbons (Fsp3) is 0.200. The minimum absolute atomic E-state index is 0.544. The van der Waals surface area contributed by atoms with Crippen molar-refractivity contribution in [1.29, 1.82) is 0 Å². The van der Waals surface area contributed by atoms with Crippen molar-refractivity contribution < 1.29 is 13.2 Å². The molecule has 8 heteroatoms. The van der Waals surface area contributed by atoms with Crippen LogP contribution in [0.15, 0.2) is 17.4 Å². The van der Waals surface area contributed by atoms with Gasteiger partial charge in [0.2, 0.25) is 5.95 Å². The molecule has 0 amide bonds. The molecule has 0 aliphatic carbocycles. The van der Waals surface area contributed by atoms with Crippen molar-refractivity contribution in [3.05, 3.63) is 28.4 Å². The van der Waals surface area contributed by atoms with Crippen LogP contribution in [-0.2, 0) is 6.18 Å². The molecule has 0 radical (unpaired) electrons. The Hall–Kier alpha value is -1.82. The highest BCUT2D eigenvalue weighted by molar-refractivity contribution is 5.18. The van der Waals surface area contributed by atoms with Crippen molar-refractivity contribution in [3.8, 4) is 0 Å². The first-order valence-electron chi connectivity index (χ1n) is 2.99. The van der Waals surface area contributed by atoms with E-state index in [0.717, 1.165) is 6.20 Å². The van der Waals surface area contributed by atoms with Gasteiger partial charge in [0.05, 0.1) is 0 Å². The molecular formula is C5H2F3N5. The van der Waals surface area contributed by atoms with Gasteiger partial charge in [-0.15, -0.1) is 0 Å². The Bertz CT molecular complexity index is 353. The van der Waals surface area contributed by atoms with E-state index in [1.165, 1.54) is 0 Å². The molecule has 0 atom stereocenters. The van der Waals surface area contributed by atoms with Gasteiger partial charge in [0.1, 0.15) is 5.69 Å². The lowest BCUT2D eigenvalue weighted by atomic mass is 10.4. The molecule has 1 rings (SSSR count). The van der Waals surface area contributed by atoms with Gasteiger partial charge in [0, 0.05) is 11.1 Å². The lowest BCUT2D eigenvalue weighted by molar-refractivity contribution is -0.141. The Balaban J connectivity index is 3.12. The van der Waals surface area contributed by atoms with Crippen LogP contribution in [0.4, 0.5) is 19.1 Å². The molecule has 0 unspecified atom stereocenters. The van der Waals surface area contributed by atoms with Gasteiger partial charge >= 0.3 is 6.18 Å². The lowest BCUT2D eigenvalue weighted by Gasteiger charge is -2.03. The molecule has 0 aliphatic heterocycles. The quantitative estimate of drug-likeness (QED) is 0.386. The van der Waals surface area contributed by atoms with Gasteiger partial charge in [0.15, 0.2) is 0 Å². The molecular weight excluding hydrogens is 187 g/mol. The van der Waals surface area contributed by atoms with E-state index in [0.29, 0.717) is 6.07 Å². The number of halogens is 3. The molecule has 0 N–H and O–H groups in total. The fourth-order valence-corrected chi connectivity index (χ4v) is 0.594. The SMILES string of the molecule is [N-]=[N+]=Nc1nccc(C(F)(F)F)n1. The van der Waals surface area contributed by atoms with Crippen LogP contribution in [0.3, 0.4) is 0 Å². The molecule has 13 heavy (non-hydrogen) atoms. The zero-order valence-corrected chi connectivity index (χ0v) is 6.02. The number of hydrogen-bond donors (Lipinski definition) is 0. The van der Waals surface area contributed by atoms with Crippen molar-refractivity contribution in [3.63, 3.8) is 0 Å². The molecule has 0 saturated carbocycles. The van der Waals surface area contributed by atoms with Crippen molar-refractivity contribution in [2.45, 2.75) is 6.18 Å². The number of rotatable bonds is 1. The number of nitrogens with zero attached hydrogens (tertiary/aromatic N) is 5. The van der Waals surface area contributed by atoms with Gasteiger partial charge in [-0.1, -0.05) is 0 Å². The molecule has 1 aromatic heterocycles. The van der Waals surface area contributed by atoms with E-state index in [2.05, 4.69) is 20.0 Å². The molecule has 0 bridgehead atoms. The first-order valence-corrected chi connectivity index (χ1v) is 2.99. The highest BCUT2D eigenvalue weighted by Gasteiger charge is 2.32. The van der Waals surface area contributed by atoms with E-state index in [1.54, 1.807) is 0 Å². The van der Waals surface area contributed by atoms with E-state index in [1.807, 2.05) is 0 Å². The van der Waals surface area contributed by atoms with Gasteiger partial charge in [0.25, 0.3) is 0 Å². The number of azide groups is 1. The molecule has 1 aromatic rings. The lowest BCUT2D eigenvalue weighted by Crippen LogP contribution is -2.07. The third-order valence-corrected chi connectivity index (χ3v) is 1.07. The molecule has 1 heterocycles. The number of aromatic nitrogens is 2. The Labute approximate surface area is 69.9 Å². The third-order valence-electron chi connectivity index (χ3n) is 1.07. The van der Waals surface area contributed by atoms with Gasteiger partial charge in [-0.25, -0.2) is 9.97 Å². The van der Waals surface area contributed by atoms with Crippen LogP contribution in [0.25, 0.3) is 10.4 Å². The minimum atomic E-state index is -4.55. The first-order chi connectivity index (χ1) is 6.04. The zero-order chi connectivity index (χ0) is 9.90. The summed E-state index contributed by atoms with van der Waals surface area (Å²) in [5, 5.41) is 2.84. The standard InChI is InChI=1S/C5H2F3N5/c6-5(7,8)3-1-2-10-4(11-3)12-13-9/h1-2H. The van der Waals surface area contributed by atoms with E-state index in [9.17, 15) is 13.2 Å². The predicted molar refractivity (Wildman–Crippen MR) is 35.8 cm³/mol.